The lowest BCUT2D eigenvalue weighted by atomic mass is 10.2. The van der Waals surface area contributed by atoms with Crippen molar-refractivity contribution in [3.63, 3.8) is 0 Å². The van der Waals surface area contributed by atoms with E-state index in [0.717, 1.165) is 22.7 Å². The number of aromatic nitrogens is 4. The van der Waals surface area contributed by atoms with Crippen LogP contribution in [0.4, 0.5) is 5.69 Å². The molecule has 3 rings (SSSR count). The first-order valence-corrected chi connectivity index (χ1v) is 6.16. The average Bonchev–Trinajstić information content (AvgIpc) is 3.05. The van der Waals surface area contributed by atoms with E-state index in [9.17, 15) is 0 Å². The molecule has 0 aliphatic heterocycles. The molecular formula is C14H15N5O. The van der Waals surface area contributed by atoms with Crippen molar-refractivity contribution in [1.82, 2.24) is 19.6 Å². The molecule has 3 aromatic rings. The number of methoxy groups -OCH3 is 1. The Kier molecular flexibility index (Phi) is 2.90. The first-order valence-electron chi connectivity index (χ1n) is 6.16. The fraction of sp³-hybridized carbons (Fsp3) is 0.143. The molecule has 2 heterocycles. The van der Waals surface area contributed by atoms with E-state index in [0.29, 0.717) is 5.69 Å². The minimum absolute atomic E-state index is 0.619. The molecule has 0 saturated carbocycles. The zero-order valence-corrected chi connectivity index (χ0v) is 11.3. The fourth-order valence-corrected chi connectivity index (χ4v) is 2.02. The van der Waals surface area contributed by atoms with Gasteiger partial charge in [0.15, 0.2) is 0 Å². The molecule has 2 aromatic heterocycles. The Bertz CT molecular complexity index is 726. The standard InChI is InChI=1S/C14H15N5O/c1-18-8-10(7-16-18)14-13(15)9-19(17-14)11-3-5-12(20-2)6-4-11/h3-9H,15H2,1-2H3. The van der Waals surface area contributed by atoms with E-state index < -0.39 is 0 Å². The van der Waals surface area contributed by atoms with Crippen LogP contribution in [-0.2, 0) is 7.05 Å². The monoisotopic (exact) mass is 269 g/mol. The Morgan fingerprint density at radius 3 is 2.50 bits per heavy atom. The molecule has 20 heavy (non-hydrogen) atoms. The second kappa shape index (κ2) is 4.73. The minimum Gasteiger partial charge on any atom is -0.497 e. The lowest BCUT2D eigenvalue weighted by molar-refractivity contribution is 0.414. The number of hydrogen-bond acceptors (Lipinski definition) is 4. The van der Waals surface area contributed by atoms with E-state index in [1.54, 1.807) is 28.9 Å². The molecule has 0 unspecified atom stereocenters. The van der Waals surface area contributed by atoms with Gasteiger partial charge in [-0.25, -0.2) is 4.68 Å². The molecule has 0 bridgehead atoms. The summed E-state index contributed by atoms with van der Waals surface area (Å²) >= 11 is 0. The van der Waals surface area contributed by atoms with Crippen molar-refractivity contribution in [2.24, 2.45) is 7.05 Å². The number of nitrogen functional groups attached to an aromatic ring is 1. The molecule has 1 aromatic carbocycles. The lowest BCUT2D eigenvalue weighted by Gasteiger charge is -2.02. The summed E-state index contributed by atoms with van der Waals surface area (Å²) in [5.41, 5.74) is 9.20. The highest BCUT2D eigenvalue weighted by molar-refractivity contribution is 5.71. The van der Waals surface area contributed by atoms with Crippen molar-refractivity contribution in [2.75, 3.05) is 12.8 Å². The highest BCUT2D eigenvalue weighted by Crippen LogP contribution is 2.25. The molecule has 6 heteroatoms. The number of anilines is 1. The number of nitrogens with two attached hydrogens (primary N) is 1. The third-order valence-electron chi connectivity index (χ3n) is 3.06. The van der Waals surface area contributed by atoms with Crippen LogP contribution in [-0.4, -0.2) is 26.7 Å². The average molecular weight is 269 g/mol. The summed E-state index contributed by atoms with van der Waals surface area (Å²) in [5, 5.41) is 8.65. The molecule has 6 nitrogen and oxygen atoms in total. The molecule has 0 spiro atoms. The summed E-state index contributed by atoms with van der Waals surface area (Å²) in [6.45, 7) is 0. The quantitative estimate of drug-likeness (QED) is 0.788. The van der Waals surface area contributed by atoms with Crippen LogP contribution in [0.25, 0.3) is 16.9 Å². The lowest BCUT2D eigenvalue weighted by Crippen LogP contribution is -1.94. The van der Waals surface area contributed by atoms with Crippen molar-refractivity contribution in [3.8, 4) is 22.7 Å². The predicted octanol–water partition coefficient (Wildman–Crippen LogP) is 1.86. The van der Waals surface area contributed by atoms with Crippen molar-refractivity contribution in [3.05, 3.63) is 42.9 Å². The van der Waals surface area contributed by atoms with Crippen LogP contribution >= 0.6 is 0 Å². The van der Waals surface area contributed by atoms with Crippen LogP contribution in [0.2, 0.25) is 0 Å². The topological polar surface area (TPSA) is 70.9 Å². The zero-order valence-electron chi connectivity index (χ0n) is 11.3. The first-order chi connectivity index (χ1) is 9.67. The van der Waals surface area contributed by atoms with E-state index in [2.05, 4.69) is 10.2 Å². The fourth-order valence-electron chi connectivity index (χ4n) is 2.02. The highest BCUT2D eigenvalue weighted by Gasteiger charge is 2.11. The van der Waals surface area contributed by atoms with Gasteiger partial charge in [-0.15, -0.1) is 0 Å². The molecule has 0 atom stereocenters. The second-order valence-corrected chi connectivity index (χ2v) is 4.48. The molecular weight excluding hydrogens is 254 g/mol. The summed E-state index contributed by atoms with van der Waals surface area (Å²) in [7, 11) is 3.50. The SMILES string of the molecule is COc1ccc(-n2cc(N)c(-c3cnn(C)c3)n2)cc1. The van der Waals surface area contributed by atoms with E-state index >= 15 is 0 Å². The van der Waals surface area contributed by atoms with Gasteiger partial charge in [0, 0.05) is 18.8 Å². The first kappa shape index (κ1) is 12.3. The number of benzene rings is 1. The van der Waals surface area contributed by atoms with Gasteiger partial charge in [-0.2, -0.15) is 10.2 Å². The second-order valence-electron chi connectivity index (χ2n) is 4.48. The Balaban J connectivity index is 1.99. The summed E-state index contributed by atoms with van der Waals surface area (Å²) < 4.78 is 8.61. The van der Waals surface area contributed by atoms with Gasteiger partial charge in [-0.05, 0) is 24.3 Å². The smallest absolute Gasteiger partial charge is 0.119 e. The van der Waals surface area contributed by atoms with Crippen LogP contribution in [0.15, 0.2) is 42.9 Å². The number of ether oxygens (including phenoxy) is 1. The Labute approximate surface area is 116 Å². The third kappa shape index (κ3) is 2.11. The summed E-state index contributed by atoms with van der Waals surface area (Å²) in [6.07, 6.45) is 5.43. The Hall–Kier alpha value is -2.76. The van der Waals surface area contributed by atoms with Crippen molar-refractivity contribution in [2.45, 2.75) is 0 Å². The van der Waals surface area contributed by atoms with E-state index in [1.165, 1.54) is 0 Å². The van der Waals surface area contributed by atoms with Gasteiger partial charge in [0.1, 0.15) is 11.4 Å². The van der Waals surface area contributed by atoms with E-state index in [-0.39, 0.29) is 0 Å². The summed E-state index contributed by atoms with van der Waals surface area (Å²) in [6, 6.07) is 7.63. The van der Waals surface area contributed by atoms with Gasteiger partial charge in [0.05, 0.1) is 30.9 Å². The van der Waals surface area contributed by atoms with Gasteiger partial charge in [0.2, 0.25) is 0 Å². The maximum absolute atomic E-state index is 6.03. The molecule has 102 valence electrons. The van der Waals surface area contributed by atoms with Crippen molar-refractivity contribution in [1.29, 1.82) is 0 Å². The van der Waals surface area contributed by atoms with Gasteiger partial charge in [-0.3, -0.25) is 4.68 Å². The zero-order chi connectivity index (χ0) is 14.1. The van der Waals surface area contributed by atoms with E-state index in [4.69, 9.17) is 10.5 Å². The maximum atomic E-state index is 6.03. The predicted molar refractivity (Wildman–Crippen MR) is 76.7 cm³/mol. The normalized spacial score (nSPS) is 10.7. The van der Waals surface area contributed by atoms with Crippen LogP contribution in [0.3, 0.4) is 0 Å². The Morgan fingerprint density at radius 2 is 1.90 bits per heavy atom. The number of aryl methyl sites for hydroxylation is 1. The molecule has 0 amide bonds. The molecule has 0 radical (unpaired) electrons. The Morgan fingerprint density at radius 1 is 1.15 bits per heavy atom. The minimum atomic E-state index is 0.619. The number of hydrogen-bond donors (Lipinski definition) is 1. The van der Waals surface area contributed by atoms with E-state index in [1.807, 2.05) is 37.5 Å². The van der Waals surface area contributed by atoms with Crippen molar-refractivity contribution >= 4 is 5.69 Å². The molecule has 0 aliphatic rings. The van der Waals surface area contributed by atoms with Crippen LogP contribution < -0.4 is 10.5 Å². The summed E-state index contributed by atoms with van der Waals surface area (Å²) in [5.74, 6) is 0.807. The van der Waals surface area contributed by atoms with Gasteiger partial charge in [0.25, 0.3) is 0 Å². The third-order valence-corrected chi connectivity index (χ3v) is 3.06. The largest absolute Gasteiger partial charge is 0.497 e. The van der Waals surface area contributed by atoms with Crippen LogP contribution in [0.1, 0.15) is 0 Å². The molecule has 2 N–H and O–H groups in total. The highest BCUT2D eigenvalue weighted by atomic mass is 16.5. The van der Waals surface area contributed by atoms with Gasteiger partial charge in [-0.1, -0.05) is 0 Å². The van der Waals surface area contributed by atoms with Crippen LogP contribution in [0, 0.1) is 0 Å². The van der Waals surface area contributed by atoms with Crippen LogP contribution in [0.5, 0.6) is 5.75 Å². The molecule has 0 saturated heterocycles. The number of rotatable bonds is 3. The number of nitrogens with zero attached hydrogens (tertiary/aromatic N) is 4. The maximum Gasteiger partial charge on any atom is 0.119 e. The molecule has 0 fully saturated rings. The van der Waals surface area contributed by atoms with Crippen molar-refractivity contribution < 1.29 is 4.74 Å². The van der Waals surface area contributed by atoms with Gasteiger partial charge >= 0.3 is 0 Å². The summed E-state index contributed by atoms with van der Waals surface area (Å²) in [4.78, 5) is 0. The molecule has 0 aliphatic carbocycles. The van der Waals surface area contributed by atoms with Gasteiger partial charge < -0.3 is 10.5 Å².